The average molecular weight is 424 g/mol. The second kappa shape index (κ2) is 9.65. The number of carboxylic acids is 2. The monoisotopic (exact) mass is 422 g/mol. The summed E-state index contributed by atoms with van der Waals surface area (Å²) in [6.45, 7) is 0. The second-order valence-corrected chi connectivity index (χ2v) is 3.30. The van der Waals surface area contributed by atoms with E-state index in [1.165, 1.54) is 0 Å². The molecule has 2 radical (unpaired) electrons. The molecule has 0 unspecified atom stereocenters. The van der Waals surface area contributed by atoms with Gasteiger partial charge in [-0.3, -0.25) is 9.59 Å². The van der Waals surface area contributed by atoms with Crippen molar-refractivity contribution in [3.05, 3.63) is 35.9 Å². The zero-order valence-corrected chi connectivity index (χ0v) is 11.7. The van der Waals surface area contributed by atoms with Gasteiger partial charge in [-0.05, 0) is 5.56 Å². The van der Waals surface area contributed by atoms with Crippen LogP contribution < -0.4 is 0 Å². The Morgan fingerprint density at radius 1 is 0.941 bits per heavy atom. The van der Waals surface area contributed by atoms with Crippen LogP contribution in [-0.2, 0) is 54.3 Å². The Kier molecular flexibility index (Phi) is 10.8. The van der Waals surface area contributed by atoms with E-state index in [0.717, 1.165) is 5.56 Å². The summed E-state index contributed by atoms with van der Waals surface area (Å²) in [5, 5.41) is 17.3. The minimum Gasteiger partial charge on any atom is -0.481 e. The number of aliphatic carboxylic acids is 2. The molecule has 1 aromatic rings. The molecule has 0 fully saturated rings. The maximum Gasteiger partial charge on any atom is 0.303 e. The first kappa shape index (κ1) is 19.0. The van der Waals surface area contributed by atoms with E-state index in [1.807, 2.05) is 6.07 Å². The van der Waals surface area contributed by atoms with Gasteiger partial charge >= 0.3 is 11.9 Å². The number of carbonyl (C=O) groups is 2. The van der Waals surface area contributed by atoms with E-state index in [-0.39, 0.29) is 57.6 Å². The molecule has 0 aliphatic heterocycles. The van der Waals surface area contributed by atoms with Crippen molar-refractivity contribution in [1.29, 1.82) is 0 Å². The summed E-state index contributed by atoms with van der Waals surface area (Å²) >= 11 is 0. The molecular formula is C11H12Ag2O4. The molecule has 2 N–H and O–H groups in total. The predicted molar refractivity (Wildman–Crippen MR) is 53.7 cm³/mol. The molecular weight excluding hydrogens is 412 g/mol. The molecule has 0 heterocycles. The number of hydrogen-bond acceptors (Lipinski definition) is 2. The summed E-state index contributed by atoms with van der Waals surface area (Å²) < 4.78 is 0. The van der Waals surface area contributed by atoms with Crippen molar-refractivity contribution in [2.75, 3.05) is 0 Å². The normalized spacial score (nSPS) is 9.00. The third-order valence-electron chi connectivity index (χ3n) is 2.11. The van der Waals surface area contributed by atoms with Crippen molar-refractivity contribution in [1.82, 2.24) is 0 Å². The molecule has 0 saturated carbocycles. The number of benzene rings is 1. The van der Waals surface area contributed by atoms with E-state index in [0.29, 0.717) is 0 Å². The largest absolute Gasteiger partial charge is 0.481 e. The zero-order chi connectivity index (χ0) is 11.3. The van der Waals surface area contributed by atoms with Crippen LogP contribution in [0.5, 0.6) is 0 Å². The maximum atomic E-state index is 10.6. The first-order chi connectivity index (χ1) is 7.09. The van der Waals surface area contributed by atoms with E-state index in [2.05, 4.69) is 0 Å². The number of hydrogen-bond donors (Lipinski definition) is 2. The van der Waals surface area contributed by atoms with Crippen molar-refractivity contribution >= 4 is 11.9 Å². The third kappa shape index (κ3) is 7.54. The van der Waals surface area contributed by atoms with Crippen LogP contribution in [0.2, 0.25) is 0 Å². The fourth-order valence-corrected chi connectivity index (χ4v) is 1.45. The molecule has 4 nitrogen and oxygen atoms in total. The summed E-state index contributed by atoms with van der Waals surface area (Å²) in [5.74, 6) is -2.42. The molecule has 0 aliphatic rings. The molecule has 1 aromatic carbocycles. The summed E-state index contributed by atoms with van der Waals surface area (Å²) in [4.78, 5) is 21.1. The molecule has 1 rings (SSSR count). The van der Waals surface area contributed by atoms with E-state index < -0.39 is 17.9 Å². The molecule has 102 valence electrons. The molecule has 0 atom stereocenters. The third-order valence-corrected chi connectivity index (χ3v) is 2.11. The quantitative estimate of drug-likeness (QED) is 0.707. The smallest absolute Gasteiger partial charge is 0.303 e. The zero-order valence-electron chi connectivity index (χ0n) is 8.69. The summed E-state index contributed by atoms with van der Waals surface area (Å²) in [7, 11) is 0. The first-order valence-corrected chi connectivity index (χ1v) is 4.58. The molecule has 0 bridgehead atoms. The Hall–Kier alpha value is -0.359. The van der Waals surface area contributed by atoms with Gasteiger partial charge < -0.3 is 10.2 Å². The van der Waals surface area contributed by atoms with Gasteiger partial charge in [0.05, 0.1) is 12.8 Å². The maximum absolute atomic E-state index is 10.6. The Labute approximate surface area is 130 Å². The number of carboxylic acid groups (broad SMARTS) is 2. The number of rotatable bonds is 5. The molecule has 17 heavy (non-hydrogen) atoms. The fraction of sp³-hybridized carbons (Fsp3) is 0.273. The minimum atomic E-state index is -0.981. The predicted octanol–water partition coefficient (Wildman–Crippen LogP) is 1.71. The average Bonchev–Trinajstić information content (AvgIpc) is 2.17. The SMILES string of the molecule is O=C(O)CC(CC(=O)O)c1ccccc1.[Ag].[Ag]. The van der Waals surface area contributed by atoms with Crippen LogP contribution in [0.25, 0.3) is 0 Å². The van der Waals surface area contributed by atoms with Gasteiger partial charge in [-0.15, -0.1) is 0 Å². The van der Waals surface area contributed by atoms with Gasteiger partial charge in [-0.2, -0.15) is 0 Å². The first-order valence-electron chi connectivity index (χ1n) is 4.58. The van der Waals surface area contributed by atoms with Crippen molar-refractivity contribution in [2.45, 2.75) is 18.8 Å². The van der Waals surface area contributed by atoms with E-state index in [9.17, 15) is 9.59 Å². The summed E-state index contributed by atoms with van der Waals surface area (Å²) in [6, 6.07) is 8.84. The van der Waals surface area contributed by atoms with Gasteiger partial charge in [0.1, 0.15) is 0 Å². The van der Waals surface area contributed by atoms with Crippen LogP contribution >= 0.6 is 0 Å². The van der Waals surface area contributed by atoms with Crippen molar-refractivity contribution < 1.29 is 64.6 Å². The van der Waals surface area contributed by atoms with Gasteiger partial charge in [0.25, 0.3) is 0 Å². The molecule has 6 heteroatoms. The van der Waals surface area contributed by atoms with Crippen LogP contribution in [0.4, 0.5) is 0 Å². The Bertz CT molecular complexity index is 338. The topological polar surface area (TPSA) is 74.6 Å². The van der Waals surface area contributed by atoms with Crippen LogP contribution in [0.15, 0.2) is 30.3 Å². The van der Waals surface area contributed by atoms with Crippen molar-refractivity contribution in [2.24, 2.45) is 0 Å². The van der Waals surface area contributed by atoms with Crippen LogP contribution in [0.3, 0.4) is 0 Å². The molecule has 0 aliphatic carbocycles. The standard InChI is InChI=1S/C11H12O4.2Ag/c12-10(13)6-9(7-11(14)15)8-4-2-1-3-5-8;;/h1-5,9H,6-7H2,(H,12,13)(H,14,15);;. The van der Waals surface area contributed by atoms with E-state index >= 15 is 0 Å². The molecule has 0 aromatic heterocycles. The Morgan fingerprint density at radius 3 is 1.71 bits per heavy atom. The van der Waals surface area contributed by atoms with Crippen molar-refractivity contribution in [3.8, 4) is 0 Å². The van der Waals surface area contributed by atoms with Gasteiger partial charge in [-0.1, -0.05) is 30.3 Å². The molecule has 0 amide bonds. The minimum absolute atomic E-state index is 0. The summed E-state index contributed by atoms with van der Waals surface area (Å²) in [6.07, 6.45) is -0.313. The van der Waals surface area contributed by atoms with E-state index in [4.69, 9.17) is 10.2 Å². The van der Waals surface area contributed by atoms with Gasteiger partial charge in [0.15, 0.2) is 0 Å². The molecule has 0 saturated heterocycles. The van der Waals surface area contributed by atoms with E-state index in [1.54, 1.807) is 24.3 Å². The van der Waals surface area contributed by atoms with Gasteiger partial charge in [-0.25, -0.2) is 0 Å². The fourth-order valence-electron chi connectivity index (χ4n) is 1.45. The van der Waals surface area contributed by atoms with Crippen LogP contribution in [0, 0.1) is 0 Å². The molecule has 0 spiro atoms. The second-order valence-electron chi connectivity index (χ2n) is 3.30. The Morgan fingerprint density at radius 2 is 1.35 bits per heavy atom. The van der Waals surface area contributed by atoms with Crippen molar-refractivity contribution in [3.63, 3.8) is 0 Å². The van der Waals surface area contributed by atoms with Crippen LogP contribution in [0.1, 0.15) is 24.3 Å². The Balaban J connectivity index is 0. The summed E-state index contributed by atoms with van der Waals surface area (Å²) in [5.41, 5.74) is 0.752. The van der Waals surface area contributed by atoms with Gasteiger partial charge in [0, 0.05) is 50.7 Å². The van der Waals surface area contributed by atoms with Gasteiger partial charge in [0.2, 0.25) is 0 Å². The van der Waals surface area contributed by atoms with Crippen LogP contribution in [-0.4, -0.2) is 22.2 Å².